The van der Waals surface area contributed by atoms with Gasteiger partial charge in [-0.2, -0.15) is 4.98 Å². The minimum atomic E-state index is 0.0499. The van der Waals surface area contributed by atoms with Crippen LogP contribution in [0, 0.1) is 0 Å². The maximum Gasteiger partial charge on any atom is 0.239 e. The predicted octanol–water partition coefficient (Wildman–Crippen LogP) is 2.54. The van der Waals surface area contributed by atoms with E-state index in [1.165, 1.54) is 0 Å². The van der Waals surface area contributed by atoms with Crippen molar-refractivity contribution in [2.24, 2.45) is 0 Å². The van der Waals surface area contributed by atoms with Gasteiger partial charge in [0.05, 0.1) is 29.5 Å². The van der Waals surface area contributed by atoms with Crippen LogP contribution in [0.1, 0.15) is 19.5 Å². The third-order valence-corrected chi connectivity index (χ3v) is 3.13. The smallest absolute Gasteiger partial charge is 0.239 e. The van der Waals surface area contributed by atoms with Crippen molar-refractivity contribution in [1.29, 1.82) is 0 Å². The van der Waals surface area contributed by atoms with Crippen LogP contribution in [0.3, 0.4) is 0 Å². The maximum atomic E-state index is 5.86. The molecule has 6 heteroatoms. The fourth-order valence-corrected chi connectivity index (χ4v) is 2.16. The summed E-state index contributed by atoms with van der Waals surface area (Å²) in [6, 6.07) is 3.70. The number of nitrogens with two attached hydrogens (primary N) is 1. The van der Waals surface area contributed by atoms with Gasteiger partial charge in [0.25, 0.3) is 0 Å². The molecule has 19 heavy (non-hydrogen) atoms. The normalized spacial score (nSPS) is 10.7. The lowest BCUT2D eigenvalue weighted by molar-refractivity contribution is 0.234. The van der Waals surface area contributed by atoms with Crippen molar-refractivity contribution in [3.05, 3.63) is 28.7 Å². The molecule has 5 nitrogen and oxygen atoms in total. The fraction of sp³-hybridized carbons (Fsp3) is 0.385. The molecule has 0 aliphatic carbocycles. The van der Waals surface area contributed by atoms with Crippen molar-refractivity contribution >= 4 is 22.8 Å². The van der Waals surface area contributed by atoms with Crippen molar-refractivity contribution < 1.29 is 4.74 Å². The number of rotatable bonds is 5. The lowest BCUT2D eigenvalue weighted by Gasteiger charge is -2.19. The number of anilines is 2. The summed E-state index contributed by atoms with van der Waals surface area (Å²) in [6.45, 7) is 4.61. The maximum absolute atomic E-state index is 5.86. The molecule has 102 valence electrons. The number of nitrogens with zero attached hydrogens (tertiary/aromatic N) is 3. The van der Waals surface area contributed by atoms with Gasteiger partial charge in [-0.25, -0.2) is 4.98 Å². The molecule has 0 radical (unpaired) electrons. The molecule has 0 atom stereocenters. The summed E-state index contributed by atoms with van der Waals surface area (Å²) in [5.41, 5.74) is 9.26. The highest BCUT2D eigenvalue weighted by atomic mass is 32.1. The summed E-state index contributed by atoms with van der Waals surface area (Å²) in [7, 11) is 1.97. The van der Waals surface area contributed by atoms with Crippen molar-refractivity contribution in [2.45, 2.75) is 26.5 Å². The number of ether oxygens (including phenoxy) is 1. The van der Waals surface area contributed by atoms with Crippen LogP contribution >= 0.6 is 11.3 Å². The fourth-order valence-electron chi connectivity index (χ4n) is 1.61. The molecule has 0 amide bonds. The lowest BCUT2D eigenvalue weighted by Crippen LogP contribution is -2.19. The van der Waals surface area contributed by atoms with E-state index in [9.17, 15) is 0 Å². The van der Waals surface area contributed by atoms with Crippen LogP contribution in [-0.2, 0) is 6.54 Å². The van der Waals surface area contributed by atoms with Crippen LogP contribution in [-0.4, -0.2) is 23.1 Å². The van der Waals surface area contributed by atoms with E-state index in [0.717, 1.165) is 11.5 Å². The summed E-state index contributed by atoms with van der Waals surface area (Å²) < 4.78 is 5.59. The number of hydrogen-bond donors (Lipinski definition) is 1. The van der Waals surface area contributed by atoms with Crippen LogP contribution in [0.4, 0.5) is 11.5 Å². The summed E-state index contributed by atoms with van der Waals surface area (Å²) in [5.74, 6) is 1.30. The molecule has 0 unspecified atom stereocenters. The van der Waals surface area contributed by atoms with Gasteiger partial charge in [0, 0.05) is 12.4 Å². The lowest BCUT2D eigenvalue weighted by atomic mass is 10.3. The van der Waals surface area contributed by atoms with Crippen LogP contribution in [0.15, 0.2) is 23.0 Å². The molecule has 0 aliphatic heterocycles. The molecular weight excluding hydrogens is 260 g/mol. The summed E-state index contributed by atoms with van der Waals surface area (Å²) in [5, 5.41) is 2.03. The van der Waals surface area contributed by atoms with Gasteiger partial charge in [0.15, 0.2) is 0 Å². The van der Waals surface area contributed by atoms with Crippen LogP contribution in [0.5, 0.6) is 5.88 Å². The van der Waals surface area contributed by atoms with Crippen LogP contribution < -0.4 is 15.4 Å². The van der Waals surface area contributed by atoms with Gasteiger partial charge in [-0.3, -0.25) is 0 Å². The monoisotopic (exact) mass is 278 g/mol. The molecule has 2 rings (SSSR count). The van der Waals surface area contributed by atoms with E-state index >= 15 is 0 Å². The average Bonchev–Trinajstić information content (AvgIpc) is 2.84. The molecule has 0 aromatic carbocycles. The summed E-state index contributed by atoms with van der Waals surface area (Å²) >= 11 is 1.59. The highest BCUT2D eigenvalue weighted by Gasteiger charge is 2.10. The Bertz CT molecular complexity index is 527. The zero-order chi connectivity index (χ0) is 13.8. The van der Waals surface area contributed by atoms with E-state index in [0.29, 0.717) is 18.1 Å². The van der Waals surface area contributed by atoms with Crippen molar-refractivity contribution in [3.63, 3.8) is 0 Å². The largest absolute Gasteiger partial charge is 0.473 e. The third kappa shape index (κ3) is 3.57. The average molecular weight is 278 g/mol. The number of pyridine rings is 1. The number of thiazole rings is 1. The zero-order valence-corrected chi connectivity index (χ0v) is 12.1. The van der Waals surface area contributed by atoms with E-state index in [-0.39, 0.29) is 6.10 Å². The van der Waals surface area contributed by atoms with Gasteiger partial charge in [0.1, 0.15) is 5.82 Å². The first-order valence-electron chi connectivity index (χ1n) is 6.07. The van der Waals surface area contributed by atoms with Gasteiger partial charge in [-0.05, 0) is 26.0 Å². The van der Waals surface area contributed by atoms with Crippen LogP contribution in [0.2, 0.25) is 0 Å². The summed E-state index contributed by atoms with van der Waals surface area (Å²) in [4.78, 5) is 10.7. The third-order valence-electron chi connectivity index (χ3n) is 2.50. The molecule has 0 fully saturated rings. The highest BCUT2D eigenvalue weighted by molar-refractivity contribution is 7.07. The molecule has 2 heterocycles. The van der Waals surface area contributed by atoms with Gasteiger partial charge >= 0.3 is 0 Å². The minimum absolute atomic E-state index is 0.0499. The number of nitrogen functional groups attached to an aromatic ring is 1. The van der Waals surface area contributed by atoms with Crippen LogP contribution in [0.25, 0.3) is 0 Å². The first-order chi connectivity index (χ1) is 9.06. The summed E-state index contributed by atoms with van der Waals surface area (Å²) in [6.07, 6.45) is 0.0499. The Morgan fingerprint density at radius 2 is 2.21 bits per heavy atom. The van der Waals surface area contributed by atoms with Crippen molar-refractivity contribution in [3.8, 4) is 5.88 Å². The Morgan fingerprint density at radius 3 is 2.84 bits per heavy atom. The first-order valence-corrected chi connectivity index (χ1v) is 7.02. The quantitative estimate of drug-likeness (QED) is 0.910. The SMILES string of the molecule is CC(C)Oc1nc(N(C)Cc2cscn2)ccc1N. The molecular formula is C13H18N4OS. The molecule has 2 aromatic heterocycles. The van der Waals surface area contributed by atoms with E-state index in [4.69, 9.17) is 10.5 Å². The van der Waals surface area contributed by atoms with Crippen molar-refractivity contribution in [1.82, 2.24) is 9.97 Å². The Kier molecular flexibility index (Phi) is 4.21. The van der Waals surface area contributed by atoms with E-state index < -0.39 is 0 Å². The molecule has 2 aromatic rings. The molecule has 0 aliphatic rings. The minimum Gasteiger partial charge on any atom is -0.473 e. The van der Waals surface area contributed by atoms with Gasteiger partial charge in [-0.1, -0.05) is 0 Å². The molecule has 0 spiro atoms. The number of hydrogen-bond acceptors (Lipinski definition) is 6. The topological polar surface area (TPSA) is 64.3 Å². The molecule has 2 N–H and O–H groups in total. The second-order valence-electron chi connectivity index (χ2n) is 4.57. The standard InChI is InChI=1S/C13H18N4OS/c1-9(2)18-13-11(14)4-5-12(16-13)17(3)6-10-7-19-8-15-10/h4-5,7-9H,6,14H2,1-3H3. The Balaban J connectivity index is 2.15. The Hall–Kier alpha value is -1.82. The van der Waals surface area contributed by atoms with E-state index in [2.05, 4.69) is 9.97 Å². The van der Waals surface area contributed by atoms with E-state index in [1.807, 2.05) is 48.8 Å². The predicted molar refractivity (Wildman–Crippen MR) is 78.6 cm³/mol. The highest BCUT2D eigenvalue weighted by Crippen LogP contribution is 2.24. The second kappa shape index (κ2) is 5.88. The Labute approximate surface area is 117 Å². The van der Waals surface area contributed by atoms with E-state index in [1.54, 1.807) is 11.3 Å². The Morgan fingerprint density at radius 1 is 1.42 bits per heavy atom. The van der Waals surface area contributed by atoms with Gasteiger partial charge < -0.3 is 15.4 Å². The molecule has 0 bridgehead atoms. The number of aromatic nitrogens is 2. The second-order valence-corrected chi connectivity index (χ2v) is 5.28. The van der Waals surface area contributed by atoms with Crippen molar-refractivity contribution in [2.75, 3.05) is 17.7 Å². The van der Waals surface area contributed by atoms with Gasteiger partial charge in [-0.15, -0.1) is 11.3 Å². The molecule has 0 saturated carbocycles. The first kappa shape index (κ1) is 13.6. The molecule has 0 saturated heterocycles. The zero-order valence-electron chi connectivity index (χ0n) is 11.3. The van der Waals surface area contributed by atoms with Gasteiger partial charge in [0.2, 0.25) is 5.88 Å².